The van der Waals surface area contributed by atoms with Gasteiger partial charge in [0.15, 0.2) is 5.76 Å². The minimum Gasteiger partial charge on any atom is -0.491 e. The maximum Gasteiger partial charge on any atom is 0.337 e. The van der Waals surface area contributed by atoms with E-state index in [2.05, 4.69) is 55.3 Å². The second-order valence-corrected chi connectivity index (χ2v) is 13.9. The monoisotopic (exact) mass is 789 g/mol. The minimum absolute atomic E-state index is 0.0428. The van der Waals surface area contributed by atoms with Crippen molar-refractivity contribution in [2.75, 3.05) is 72.9 Å². The molecule has 2 aliphatic rings. The first kappa shape index (κ1) is 40.1. The van der Waals surface area contributed by atoms with Gasteiger partial charge in [0.05, 0.1) is 70.2 Å². The molecule has 0 aliphatic carbocycles. The topological polar surface area (TPSA) is 161 Å². The van der Waals surface area contributed by atoms with Crippen LogP contribution in [0.15, 0.2) is 133 Å². The highest BCUT2D eigenvalue weighted by molar-refractivity contribution is 5.89. The first-order valence-electron chi connectivity index (χ1n) is 19.3. The average Bonchev–Trinajstić information content (AvgIpc) is 3.95. The van der Waals surface area contributed by atoms with Crippen molar-refractivity contribution < 1.29 is 32.9 Å². The van der Waals surface area contributed by atoms with Gasteiger partial charge in [-0.3, -0.25) is 20.1 Å². The molecule has 3 heterocycles. The molecule has 0 saturated carbocycles. The number of rotatable bonds is 21. The third-order valence-electron chi connectivity index (χ3n) is 9.54. The SMILES string of the molecule is COC(=O)c1cccc(COc2c(-c3ccc(OCCOCCOCCN4CC(CN(Cc5ccccc5)CC5CN=NN5)N=N4)cc3)oc3ccccc3c2=O)c1. The van der Waals surface area contributed by atoms with Crippen LogP contribution in [0.4, 0.5) is 0 Å². The van der Waals surface area contributed by atoms with E-state index in [1.165, 1.54) is 12.7 Å². The lowest BCUT2D eigenvalue weighted by Crippen LogP contribution is -2.42. The van der Waals surface area contributed by atoms with E-state index >= 15 is 0 Å². The van der Waals surface area contributed by atoms with Crippen LogP contribution in [-0.2, 0) is 27.4 Å². The highest BCUT2D eigenvalue weighted by Gasteiger charge is 2.25. The van der Waals surface area contributed by atoms with Gasteiger partial charge in [0.1, 0.15) is 30.6 Å². The summed E-state index contributed by atoms with van der Waals surface area (Å²) in [6.07, 6.45) is 0. The van der Waals surface area contributed by atoms with E-state index in [1.807, 2.05) is 35.3 Å². The van der Waals surface area contributed by atoms with E-state index in [4.69, 9.17) is 28.1 Å². The maximum atomic E-state index is 13.6. The summed E-state index contributed by atoms with van der Waals surface area (Å²) in [6, 6.07) is 31.8. The fraction of sp³-hybridized carbons (Fsp3) is 0.349. The van der Waals surface area contributed by atoms with Gasteiger partial charge in [0, 0.05) is 25.2 Å². The van der Waals surface area contributed by atoms with Gasteiger partial charge in [-0.25, -0.2) is 4.79 Å². The molecule has 0 spiro atoms. The lowest BCUT2D eigenvalue weighted by molar-refractivity contribution is 0.0299. The number of nitrogens with zero attached hydrogens (tertiary/aromatic N) is 6. The highest BCUT2D eigenvalue weighted by atomic mass is 16.5. The Bertz CT molecular complexity index is 2210. The van der Waals surface area contributed by atoms with Crippen LogP contribution in [0.3, 0.4) is 0 Å². The summed E-state index contributed by atoms with van der Waals surface area (Å²) in [4.78, 5) is 28.0. The van der Waals surface area contributed by atoms with Crippen LogP contribution in [-0.4, -0.2) is 101 Å². The van der Waals surface area contributed by atoms with E-state index < -0.39 is 5.97 Å². The van der Waals surface area contributed by atoms with Gasteiger partial charge in [0.25, 0.3) is 0 Å². The summed E-state index contributed by atoms with van der Waals surface area (Å²) in [5, 5.41) is 19.3. The number of esters is 1. The van der Waals surface area contributed by atoms with Crippen LogP contribution in [0.1, 0.15) is 21.5 Å². The van der Waals surface area contributed by atoms with Crippen LogP contribution in [0.25, 0.3) is 22.3 Å². The summed E-state index contributed by atoms with van der Waals surface area (Å²) in [6.45, 7) is 6.73. The van der Waals surface area contributed by atoms with E-state index in [0.29, 0.717) is 85.3 Å². The minimum atomic E-state index is -0.456. The van der Waals surface area contributed by atoms with Gasteiger partial charge < -0.3 is 28.1 Å². The first-order valence-corrected chi connectivity index (χ1v) is 19.3. The Morgan fingerprint density at radius 2 is 1.64 bits per heavy atom. The Morgan fingerprint density at radius 3 is 2.45 bits per heavy atom. The largest absolute Gasteiger partial charge is 0.491 e. The molecule has 15 nitrogen and oxygen atoms in total. The normalized spacial score (nSPS) is 15.9. The van der Waals surface area contributed by atoms with Crippen LogP contribution < -0.4 is 20.3 Å². The smallest absolute Gasteiger partial charge is 0.337 e. The van der Waals surface area contributed by atoms with E-state index in [1.54, 1.807) is 48.5 Å². The van der Waals surface area contributed by atoms with Crippen molar-refractivity contribution in [3.63, 3.8) is 0 Å². The second-order valence-electron chi connectivity index (χ2n) is 13.9. The molecule has 4 aromatic carbocycles. The summed E-state index contributed by atoms with van der Waals surface area (Å²) in [5.74, 6) is 0.546. The second kappa shape index (κ2) is 20.3. The zero-order chi connectivity index (χ0) is 39.9. The number of hydrogen-bond acceptors (Lipinski definition) is 15. The molecule has 2 unspecified atom stereocenters. The number of para-hydroxylation sites is 1. The lowest BCUT2D eigenvalue weighted by atomic mass is 10.1. The van der Waals surface area contributed by atoms with Crippen molar-refractivity contribution in [2.45, 2.75) is 25.2 Å². The van der Waals surface area contributed by atoms with Crippen molar-refractivity contribution in [3.05, 3.63) is 130 Å². The predicted octanol–water partition coefficient (Wildman–Crippen LogP) is 6.13. The molecule has 1 aromatic heterocycles. The number of nitrogens with one attached hydrogen (secondary N) is 1. The standard InChI is InChI=1S/C43H47N7O8/c1-53-43(52)34-11-7-10-32(24-34)30-57-42-40(51)38-12-5-6-13-39(38)58-41(42)33-14-16-37(17-15-33)56-23-22-55-21-20-54-19-18-50-29-36(46-48-50)28-49(27-35-25-44-47-45-35)26-31-8-3-2-4-9-31/h2-17,24,35-36H,18-23,25-30H2,1H3,(H,44,45). The average molecular weight is 790 g/mol. The van der Waals surface area contributed by atoms with Gasteiger partial charge in [-0.2, -0.15) is 10.2 Å². The van der Waals surface area contributed by atoms with Crippen molar-refractivity contribution in [1.29, 1.82) is 0 Å². The molecule has 302 valence electrons. The summed E-state index contributed by atoms with van der Waals surface area (Å²) in [5.41, 5.74) is 6.22. The molecule has 0 saturated heterocycles. The molecule has 0 radical (unpaired) electrons. The molecule has 0 fully saturated rings. The number of ether oxygens (including phenoxy) is 5. The molecule has 5 aromatic rings. The van der Waals surface area contributed by atoms with Crippen LogP contribution >= 0.6 is 0 Å². The van der Waals surface area contributed by atoms with Gasteiger partial charge >= 0.3 is 5.97 Å². The zero-order valence-corrected chi connectivity index (χ0v) is 32.4. The van der Waals surface area contributed by atoms with Gasteiger partial charge in [-0.05, 0) is 59.7 Å². The zero-order valence-electron chi connectivity index (χ0n) is 32.4. The Morgan fingerprint density at radius 1 is 0.862 bits per heavy atom. The Labute approximate surface area is 336 Å². The molecule has 2 aliphatic heterocycles. The van der Waals surface area contributed by atoms with Gasteiger partial charge in [0.2, 0.25) is 11.2 Å². The molecule has 0 amide bonds. The van der Waals surface area contributed by atoms with Crippen LogP contribution in [0, 0.1) is 0 Å². The molecule has 15 heteroatoms. The van der Waals surface area contributed by atoms with Crippen LogP contribution in [0.2, 0.25) is 0 Å². The van der Waals surface area contributed by atoms with Gasteiger partial charge in [-0.15, -0.1) is 0 Å². The Balaban J connectivity index is 0.815. The van der Waals surface area contributed by atoms with Crippen molar-refractivity contribution >= 4 is 16.9 Å². The number of fused-ring (bicyclic) bond motifs is 1. The van der Waals surface area contributed by atoms with Crippen molar-refractivity contribution in [1.82, 2.24) is 15.3 Å². The number of benzene rings is 4. The van der Waals surface area contributed by atoms with Crippen molar-refractivity contribution in [3.8, 4) is 22.8 Å². The molecule has 2 atom stereocenters. The third kappa shape index (κ3) is 11.0. The van der Waals surface area contributed by atoms with E-state index in [-0.39, 0.29) is 29.9 Å². The van der Waals surface area contributed by atoms with E-state index in [0.717, 1.165) is 26.2 Å². The number of hydrogen-bond donors (Lipinski definition) is 1. The van der Waals surface area contributed by atoms with Crippen LogP contribution in [0.5, 0.6) is 11.5 Å². The third-order valence-corrected chi connectivity index (χ3v) is 9.54. The number of carbonyl (C=O) groups is 1. The molecular weight excluding hydrogens is 743 g/mol. The lowest BCUT2D eigenvalue weighted by Gasteiger charge is -2.26. The molecule has 0 bridgehead atoms. The Kier molecular flexibility index (Phi) is 14.0. The molecular formula is C43H47N7O8. The Hall–Kier alpha value is -6.16. The summed E-state index contributed by atoms with van der Waals surface area (Å²) in [7, 11) is 1.33. The highest BCUT2D eigenvalue weighted by Crippen LogP contribution is 2.32. The maximum absolute atomic E-state index is 13.6. The van der Waals surface area contributed by atoms with Crippen molar-refractivity contribution in [2.24, 2.45) is 20.7 Å². The predicted molar refractivity (Wildman–Crippen MR) is 216 cm³/mol. The summed E-state index contributed by atoms with van der Waals surface area (Å²) < 4.78 is 34.5. The number of carbonyl (C=O) groups excluding carboxylic acids is 1. The fourth-order valence-electron chi connectivity index (χ4n) is 6.67. The summed E-state index contributed by atoms with van der Waals surface area (Å²) >= 11 is 0. The van der Waals surface area contributed by atoms with Gasteiger partial charge in [-0.1, -0.05) is 65.0 Å². The fourth-order valence-corrected chi connectivity index (χ4v) is 6.67. The number of methoxy groups -OCH3 is 1. The molecule has 58 heavy (non-hydrogen) atoms. The first-order chi connectivity index (χ1) is 28.5. The molecule has 1 N–H and O–H groups in total. The quantitative estimate of drug-likeness (QED) is 0.0673. The van der Waals surface area contributed by atoms with E-state index in [9.17, 15) is 9.59 Å². The molecule has 7 rings (SSSR count).